The summed E-state index contributed by atoms with van der Waals surface area (Å²) in [6, 6.07) is 1.14. The van der Waals surface area contributed by atoms with Gasteiger partial charge in [0.05, 0.1) is 16.9 Å². The molecular formula is C24H26ClF4N7O. The van der Waals surface area contributed by atoms with Gasteiger partial charge in [-0.05, 0) is 44.1 Å². The van der Waals surface area contributed by atoms with Crippen LogP contribution in [-0.2, 0) is 4.79 Å². The zero-order chi connectivity index (χ0) is 26.3. The van der Waals surface area contributed by atoms with E-state index in [9.17, 15) is 22.4 Å². The van der Waals surface area contributed by atoms with Crippen molar-refractivity contribution < 1.29 is 22.4 Å². The van der Waals surface area contributed by atoms with E-state index >= 15 is 0 Å². The minimum absolute atomic E-state index is 0.113. The molecule has 0 aliphatic heterocycles. The first kappa shape index (κ1) is 25.5. The Balaban J connectivity index is 1.49. The van der Waals surface area contributed by atoms with Gasteiger partial charge in [-0.2, -0.15) is 4.98 Å². The molecule has 2 aromatic heterocycles. The Morgan fingerprint density at radius 2 is 1.92 bits per heavy atom. The number of fused-ring (bicyclic) bond motifs is 1. The third-order valence-corrected chi connectivity index (χ3v) is 7.38. The number of amides is 1. The summed E-state index contributed by atoms with van der Waals surface area (Å²) in [5.41, 5.74) is 6.07. The standard InChI is InChI=1S/C24H26ClF4N7O/c25-16-8-13(26)9-17(27)20(16)34-23-33-18-11-31-22(32-14-5-6-24(28,29)10-14)35-21(18)36(23)15-3-1-12(2-4-15)7-19(30)37/h8-9,11-12,14-15H,1-7,10H2,(H2,30,37)(H,33,34)(H,31,32,35)/t12?,14-,15?/m0/s1. The van der Waals surface area contributed by atoms with Gasteiger partial charge >= 0.3 is 0 Å². The minimum Gasteiger partial charge on any atom is -0.370 e. The number of carbonyl (C=O) groups is 1. The molecule has 0 bridgehead atoms. The van der Waals surface area contributed by atoms with Crippen molar-refractivity contribution in [1.82, 2.24) is 19.5 Å². The second-order valence-corrected chi connectivity index (χ2v) is 10.3. The van der Waals surface area contributed by atoms with Gasteiger partial charge in [0.1, 0.15) is 11.3 Å². The van der Waals surface area contributed by atoms with Gasteiger partial charge in [0.15, 0.2) is 11.5 Å². The second-order valence-electron chi connectivity index (χ2n) is 9.86. The number of anilines is 3. The lowest BCUT2D eigenvalue weighted by atomic mass is 9.84. The number of imidazole rings is 1. The fourth-order valence-electron chi connectivity index (χ4n) is 5.32. The number of hydrogen-bond donors (Lipinski definition) is 3. The number of hydrogen-bond acceptors (Lipinski definition) is 6. The topological polar surface area (TPSA) is 111 Å². The molecule has 2 aliphatic carbocycles. The Bertz CT molecular complexity index is 1300. The lowest BCUT2D eigenvalue weighted by Gasteiger charge is -2.30. The number of carbonyl (C=O) groups excluding carboxylic acids is 1. The number of benzene rings is 1. The molecule has 4 N–H and O–H groups in total. The maximum absolute atomic E-state index is 14.6. The number of halogens is 5. The van der Waals surface area contributed by atoms with Gasteiger partial charge in [0.25, 0.3) is 0 Å². The van der Waals surface area contributed by atoms with E-state index in [2.05, 4.69) is 25.6 Å². The van der Waals surface area contributed by atoms with Crippen molar-refractivity contribution in [1.29, 1.82) is 0 Å². The van der Waals surface area contributed by atoms with Crippen LogP contribution in [0.2, 0.25) is 5.02 Å². The molecule has 2 heterocycles. The number of rotatable bonds is 7. The number of nitrogens with zero attached hydrogens (tertiary/aromatic N) is 4. The average Bonchev–Trinajstić information content (AvgIpc) is 3.34. The molecule has 5 rings (SSSR count). The van der Waals surface area contributed by atoms with Crippen LogP contribution in [0.3, 0.4) is 0 Å². The summed E-state index contributed by atoms with van der Waals surface area (Å²) in [7, 11) is 0. The molecule has 0 saturated heterocycles. The van der Waals surface area contributed by atoms with Crippen LogP contribution in [0, 0.1) is 17.6 Å². The van der Waals surface area contributed by atoms with Crippen LogP contribution >= 0.6 is 11.6 Å². The smallest absolute Gasteiger partial charge is 0.250 e. The lowest BCUT2D eigenvalue weighted by Crippen LogP contribution is -2.24. The third kappa shape index (κ3) is 5.58. The molecule has 1 atom stereocenters. The fourth-order valence-corrected chi connectivity index (χ4v) is 5.56. The van der Waals surface area contributed by atoms with Crippen molar-refractivity contribution in [2.45, 2.75) is 69.4 Å². The van der Waals surface area contributed by atoms with Crippen molar-refractivity contribution in [2.75, 3.05) is 10.6 Å². The zero-order valence-corrected chi connectivity index (χ0v) is 20.5. The van der Waals surface area contributed by atoms with Crippen LogP contribution in [0.25, 0.3) is 11.2 Å². The number of nitrogens with one attached hydrogen (secondary N) is 2. The molecule has 0 unspecified atom stereocenters. The molecule has 198 valence electrons. The number of nitrogens with two attached hydrogens (primary N) is 1. The number of alkyl halides is 2. The molecule has 1 aromatic carbocycles. The molecule has 13 heteroatoms. The molecule has 2 aliphatic rings. The van der Waals surface area contributed by atoms with Gasteiger partial charge in [-0.1, -0.05) is 11.6 Å². The van der Waals surface area contributed by atoms with Crippen LogP contribution in [-0.4, -0.2) is 37.4 Å². The van der Waals surface area contributed by atoms with E-state index in [1.165, 1.54) is 6.20 Å². The van der Waals surface area contributed by atoms with Gasteiger partial charge in [-0.15, -0.1) is 0 Å². The van der Waals surface area contributed by atoms with Crippen LogP contribution in [0.5, 0.6) is 0 Å². The van der Waals surface area contributed by atoms with Crippen molar-refractivity contribution in [3.8, 4) is 0 Å². The summed E-state index contributed by atoms with van der Waals surface area (Å²) in [5, 5.41) is 5.72. The first-order valence-corrected chi connectivity index (χ1v) is 12.5. The first-order valence-electron chi connectivity index (χ1n) is 12.2. The summed E-state index contributed by atoms with van der Waals surface area (Å²) in [6.07, 6.45) is 4.43. The molecule has 2 fully saturated rings. The Hall–Kier alpha value is -3.15. The van der Waals surface area contributed by atoms with Crippen molar-refractivity contribution in [3.63, 3.8) is 0 Å². The van der Waals surface area contributed by atoms with E-state index in [1.807, 2.05) is 4.57 Å². The minimum atomic E-state index is -2.72. The highest BCUT2D eigenvalue weighted by atomic mass is 35.5. The predicted octanol–water partition coefficient (Wildman–Crippen LogP) is 5.71. The lowest BCUT2D eigenvalue weighted by molar-refractivity contribution is -0.119. The van der Waals surface area contributed by atoms with Crippen molar-refractivity contribution in [3.05, 3.63) is 35.0 Å². The second kappa shape index (κ2) is 9.96. The Morgan fingerprint density at radius 3 is 2.57 bits per heavy atom. The zero-order valence-electron chi connectivity index (χ0n) is 19.8. The maximum atomic E-state index is 14.6. The summed E-state index contributed by atoms with van der Waals surface area (Å²) < 4.78 is 57.3. The number of primary amides is 1. The Kier molecular flexibility index (Phi) is 6.86. The van der Waals surface area contributed by atoms with E-state index < -0.39 is 23.6 Å². The number of aromatic nitrogens is 4. The van der Waals surface area contributed by atoms with Gasteiger partial charge in [0.2, 0.25) is 23.7 Å². The molecule has 37 heavy (non-hydrogen) atoms. The largest absolute Gasteiger partial charge is 0.370 e. The van der Waals surface area contributed by atoms with E-state index in [0.717, 1.165) is 25.0 Å². The van der Waals surface area contributed by atoms with Crippen LogP contribution < -0.4 is 16.4 Å². The van der Waals surface area contributed by atoms with Gasteiger partial charge in [-0.3, -0.25) is 9.36 Å². The maximum Gasteiger partial charge on any atom is 0.250 e. The Labute approximate surface area is 215 Å². The van der Waals surface area contributed by atoms with E-state index in [1.54, 1.807) is 0 Å². The van der Waals surface area contributed by atoms with Crippen molar-refractivity contribution in [2.24, 2.45) is 11.7 Å². The third-order valence-electron chi connectivity index (χ3n) is 7.08. The molecule has 1 amide bonds. The molecule has 8 nitrogen and oxygen atoms in total. The van der Waals surface area contributed by atoms with E-state index in [0.29, 0.717) is 36.8 Å². The van der Waals surface area contributed by atoms with Crippen molar-refractivity contribution >= 4 is 46.3 Å². The quantitative estimate of drug-likeness (QED) is 0.332. The summed E-state index contributed by atoms with van der Waals surface area (Å²) in [6.45, 7) is 0. The molecular weight excluding hydrogens is 514 g/mol. The Morgan fingerprint density at radius 1 is 1.16 bits per heavy atom. The molecule has 2 saturated carbocycles. The SMILES string of the molecule is NC(=O)CC1CCC(n2c(Nc3c(F)cc(F)cc3Cl)nc3cnc(N[C@H]4CCC(F)(F)C4)nc32)CC1. The monoisotopic (exact) mass is 539 g/mol. The van der Waals surface area contributed by atoms with Gasteiger partial charge in [0, 0.05) is 37.4 Å². The summed E-state index contributed by atoms with van der Waals surface area (Å²) >= 11 is 6.11. The molecule has 0 radical (unpaired) electrons. The highest BCUT2D eigenvalue weighted by Gasteiger charge is 2.39. The van der Waals surface area contributed by atoms with Gasteiger partial charge < -0.3 is 16.4 Å². The van der Waals surface area contributed by atoms with Gasteiger partial charge in [-0.25, -0.2) is 27.5 Å². The van der Waals surface area contributed by atoms with Crippen LogP contribution in [0.15, 0.2) is 18.3 Å². The average molecular weight is 540 g/mol. The molecule has 0 spiro atoms. The van der Waals surface area contributed by atoms with Crippen LogP contribution in [0.1, 0.15) is 57.4 Å². The first-order chi connectivity index (χ1) is 17.6. The fraction of sp³-hybridized carbons (Fsp3) is 0.500. The predicted molar refractivity (Wildman–Crippen MR) is 131 cm³/mol. The summed E-state index contributed by atoms with van der Waals surface area (Å²) in [4.78, 5) is 24.7. The highest BCUT2D eigenvalue weighted by molar-refractivity contribution is 6.33. The normalized spacial score (nSPS) is 23.3. The van der Waals surface area contributed by atoms with Crippen LogP contribution in [0.4, 0.5) is 35.1 Å². The highest BCUT2D eigenvalue weighted by Crippen LogP contribution is 2.40. The summed E-state index contributed by atoms with van der Waals surface area (Å²) in [5.74, 6) is -4.17. The molecule has 3 aromatic rings. The van der Waals surface area contributed by atoms with E-state index in [-0.39, 0.29) is 53.3 Å². The van der Waals surface area contributed by atoms with E-state index in [4.69, 9.17) is 17.3 Å².